The number of aromatic nitrogens is 2. The van der Waals surface area contributed by atoms with Gasteiger partial charge in [-0.05, 0) is 48.5 Å². The molecule has 0 atom stereocenters. The highest BCUT2D eigenvalue weighted by molar-refractivity contribution is 7.14. The smallest absolute Gasteiger partial charge is 0.258 e. The number of anilines is 1. The fourth-order valence-electron chi connectivity index (χ4n) is 3.38. The molecule has 0 aliphatic rings. The van der Waals surface area contributed by atoms with Gasteiger partial charge in [-0.25, -0.2) is 14.4 Å². The maximum absolute atomic E-state index is 13.2. The molecule has 0 aliphatic heterocycles. The summed E-state index contributed by atoms with van der Waals surface area (Å²) in [6.45, 7) is 0. The highest BCUT2D eigenvalue weighted by Crippen LogP contribution is 2.28. The van der Waals surface area contributed by atoms with Crippen LogP contribution in [0.5, 0.6) is 0 Å². The molecule has 0 aliphatic carbocycles. The average Bonchev–Trinajstić information content (AvgIpc) is 3.27. The van der Waals surface area contributed by atoms with Crippen LogP contribution >= 0.6 is 22.9 Å². The molecule has 2 heterocycles. The fraction of sp³-hybridized carbons (Fsp3) is 0. The molecule has 0 saturated carbocycles. The number of carbonyl (C=O) groups is 1. The summed E-state index contributed by atoms with van der Waals surface area (Å²) < 4.78 is 13.2. The van der Waals surface area contributed by atoms with Crippen LogP contribution in [0.15, 0.2) is 84.2 Å². The van der Waals surface area contributed by atoms with E-state index in [1.54, 1.807) is 30.3 Å². The number of fused-ring (bicyclic) bond motifs is 1. The summed E-state index contributed by atoms with van der Waals surface area (Å²) in [4.78, 5) is 22.4. The van der Waals surface area contributed by atoms with Crippen LogP contribution in [-0.4, -0.2) is 15.9 Å². The average molecular weight is 460 g/mol. The Morgan fingerprint density at radius 2 is 1.56 bits per heavy atom. The van der Waals surface area contributed by atoms with Crippen molar-refractivity contribution >= 4 is 44.9 Å². The first-order valence-corrected chi connectivity index (χ1v) is 11.0. The number of para-hydroxylation sites is 1. The predicted molar refractivity (Wildman–Crippen MR) is 128 cm³/mol. The van der Waals surface area contributed by atoms with Crippen LogP contribution in [0.25, 0.3) is 33.4 Å². The number of rotatable bonds is 4. The molecule has 0 saturated heterocycles. The molecule has 0 unspecified atom stereocenters. The normalized spacial score (nSPS) is 10.9. The van der Waals surface area contributed by atoms with Crippen molar-refractivity contribution in [2.45, 2.75) is 0 Å². The van der Waals surface area contributed by atoms with Gasteiger partial charge in [0.15, 0.2) is 5.13 Å². The molecule has 0 spiro atoms. The van der Waals surface area contributed by atoms with Crippen LogP contribution in [0.4, 0.5) is 9.52 Å². The van der Waals surface area contributed by atoms with Crippen molar-refractivity contribution in [2.24, 2.45) is 0 Å². The highest BCUT2D eigenvalue weighted by atomic mass is 35.5. The molecule has 7 heteroatoms. The van der Waals surface area contributed by atoms with Gasteiger partial charge >= 0.3 is 0 Å². The number of hydrogen-bond acceptors (Lipinski definition) is 4. The van der Waals surface area contributed by atoms with Crippen molar-refractivity contribution in [2.75, 3.05) is 5.32 Å². The molecule has 4 nitrogen and oxygen atoms in total. The molecule has 3 aromatic carbocycles. The zero-order chi connectivity index (χ0) is 22.1. The number of thiazole rings is 1. The van der Waals surface area contributed by atoms with E-state index >= 15 is 0 Å². The van der Waals surface area contributed by atoms with Crippen molar-refractivity contribution in [1.82, 2.24) is 9.97 Å². The van der Waals surface area contributed by atoms with Gasteiger partial charge in [0.05, 0.1) is 22.5 Å². The van der Waals surface area contributed by atoms with E-state index in [-0.39, 0.29) is 11.7 Å². The van der Waals surface area contributed by atoms with Gasteiger partial charge in [-0.3, -0.25) is 10.1 Å². The quantitative estimate of drug-likeness (QED) is 0.312. The summed E-state index contributed by atoms with van der Waals surface area (Å²) in [6.07, 6.45) is 0. The van der Waals surface area contributed by atoms with E-state index < -0.39 is 0 Å². The van der Waals surface area contributed by atoms with Gasteiger partial charge in [0.1, 0.15) is 5.82 Å². The molecule has 32 heavy (non-hydrogen) atoms. The number of nitrogens with one attached hydrogen (secondary N) is 1. The summed E-state index contributed by atoms with van der Waals surface area (Å²) in [7, 11) is 0. The van der Waals surface area contributed by atoms with Gasteiger partial charge < -0.3 is 0 Å². The maximum Gasteiger partial charge on any atom is 0.258 e. The minimum Gasteiger partial charge on any atom is -0.298 e. The Hall–Kier alpha value is -3.61. The van der Waals surface area contributed by atoms with E-state index in [0.717, 1.165) is 22.0 Å². The van der Waals surface area contributed by atoms with Crippen molar-refractivity contribution < 1.29 is 9.18 Å². The monoisotopic (exact) mass is 459 g/mol. The van der Waals surface area contributed by atoms with Crippen LogP contribution in [0.3, 0.4) is 0 Å². The first-order chi connectivity index (χ1) is 15.6. The molecule has 5 aromatic rings. The number of amides is 1. The lowest BCUT2D eigenvalue weighted by atomic mass is 10.0. The van der Waals surface area contributed by atoms with E-state index in [1.807, 2.05) is 41.8 Å². The molecular formula is C25H15ClFN3OS. The Balaban J connectivity index is 1.49. The molecule has 0 bridgehead atoms. The molecule has 0 fully saturated rings. The number of hydrogen-bond donors (Lipinski definition) is 1. The van der Waals surface area contributed by atoms with Crippen LogP contribution in [0, 0.1) is 5.82 Å². The van der Waals surface area contributed by atoms with Crippen LogP contribution in [0.2, 0.25) is 5.02 Å². The van der Waals surface area contributed by atoms with Gasteiger partial charge in [-0.2, -0.15) is 0 Å². The lowest BCUT2D eigenvalue weighted by molar-refractivity contribution is 0.102. The van der Waals surface area contributed by atoms with E-state index in [9.17, 15) is 9.18 Å². The van der Waals surface area contributed by atoms with Crippen molar-refractivity contribution in [3.63, 3.8) is 0 Å². The summed E-state index contributed by atoms with van der Waals surface area (Å²) >= 11 is 7.32. The second-order valence-electron chi connectivity index (χ2n) is 7.08. The Morgan fingerprint density at radius 3 is 2.34 bits per heavy atom. The molecule has 0 radical (unpaired) electrons. The zero-order valence-electron chi connectivity index (χ0n) is 16.5. The third-order valence-electron chi connectivity index (χ3n) is 4.97. The molecule has 1 amide bonds. The summed E-state index contributed by atoms with van der Waals surface area (Å²) in [6, 6.07) is 22.7. The zero-order valence-corrected chi connectivity index (χ0v) is 18.1. The summed E-state index contributed by atoms with van der Waals surface area (Å²) in [5.74, 6) is -0.586. The SMILES string of the molecule is O=C(Nc1nc(-c2ccc(F)cc2)cs1)c1cc(-c2ccc(Cl)cc2)nc2ccccc12. The van der Waals surface area contributed by atoms with Crippen molar-refractivity contribution in [1.29, 1.82) is 0 Å². The van der Waals surface area contributed by atoms with E-state index in [1.165, 1.54) is 23.5 Å². The predicted octanol–water partition coefficient (Wildman–Crippen LogP) is 7.07. The minimum atomic E-state index is -0.307. The van der Waals surface area contributed by atoms with Crippen molar-refractivity contribution in [3.8, 4) is 22.5 Å². The largest absolute Gasteiger partial charge is 0.298 e. The van der Waals surface area contributed by atoms with E-state index in [2.05, 4.69) is 10.3 Å². The minimum absolute atomic E-state index is 0.279. The van der Waals surface area contributed by atoms with E-state index in [4.69, 9.17) is 16.6 Å². The van der Waals surface area contributed by atoms with Gasteiger partial charge in [0, 0.05) is 26.9 Å². The van der Waals surface area contributed by atoms with Crippen LogP contribution in [-0.2, 0) is 0 Å². The molecular weight excluding hydrogens is 445 g/mol. The third kappa shape index (κ3) is 4.10. The van der Waals surface area contributed by atoms with Crippen LogP contribution < -0.4 is 5.32 Å². The Bertz CT molecular complexity index is 1430. The topological polar surface area (TPSA) is 54.9 Å². The Morgan fingerprint density at radius 1 is 0.875 bits per heavy atom. The molecule has 5 rings (SSSR count). The highest BCUT2D eigenvalue weighted by Gasteiger charge is 2.16. The Kier molecular flexibility index (Phi) is 5.39. The number of benzene rings is 3. The van der Waals surface area contributed by atoms with Gasteiger partial charge in [-0.1, -0.05) is 41.9 Å². The third-order valence-corrected chi connectivity index (χ3v) is 5.98. The van der Waals surface area contributed by atoms with Crippen LogP contribution in [0.1, 0.15) is 10.4 Å². The lowest BCUT2D eigenvalue weighted by Gasteiger charge is -2.10. The van der Waals surface area contributed by atoms with Gasteiger partial charge in [0.2, 0.25) is 0 Å². The molecule has 1 N–H and O–H groups in total. The summed E-state index contributed by atoms with van der Waals surface area (Å²) in [5.41, 5.74) is 4.21. The second kappa shape index (κ2) is 8.49. The molecule has 2 aromatic heterocycles. The standard InChI is InChI=1S/C25H15ClFN3OS/c26-17-9-5-15(6-10-17)22-13-20(19-3-1-2-4-21(19)28-22)24(31)30-25-29-23(14-32-25)16-7-11-18(27)12-8-16/h1-14H,(H,29,30,31). The number of pyridine rings is 1. The summed E-state index contributed by atoms with van der Waals surface area (Å²) in [5, 5.41) is 6.55. The maximum atomic E-state index is 13.2. The van der Waals surface area contributed by atoms with Crippen molar-refractivity contribution in [3.05, 3.63) is 101 Å². The second-order valence-corrected chi connectivity index (χ2v) is 8.37. The number of nitrogens with zero attached hydrogens (tertiary/aromatic N) is 2. The lowest BCUT2D eigenvalue weighted by Crippen LogP contribution is -2.13. The van der Waals surface area contributed by atoms with Gasteiger partial charge in [0.25, 0.3) is 5.91 Å². The molecule has 156 valence electrons. The number of halogens is 2. The van der Waals surface area contributed by atoms with E-state index in [0.29, 0.717) is 27.1 Å². The van der Waals surface area contributed by atoms with Gasteiger partial charge in [-0.15, -0.1) is 11.3 Å². The first-order valence-electron chi connectivity index (χ1n) is 9.75. The fourth-order valence-corrected chi connectivity index (χ4v) is 4.22. The number of carbonyl (C=O) groups excluding carboxylic acids is 1. The first kappa shape index (κ1) is 20.3. The Labute approximate surface area is 192 Å².